The first-order valence-corrected chi connectivity index (χ1v) is 8.70. The van der Waals surface area contributed by atoms with Gasteiger partial charge in [0.25, 0.3) is 0 Å². The van der Waals surface area contributed by atoms with Crippen LogP contribution in [-0.2, 0) is 6.54 Å². The van der Waals surface area contributed by atoms with Crippen LogP contribution < -0.4 is 15.5 Å². The molecule has 7 heteroatoms. The number of aromatic nitrogens is 1. The largest absolute Gasteiger partial charge is 0.370 e. The molecule has 1 aromatic carbocycles. The fraction of sp³-hybridized carbons (Fsp3) is 0.368. The van der Waals surface area contributed by atoms with Gasteiger partial charge in [-0.15, -0.1) is 0 Å². The molecule has 0 spiro atoms. The molecule has 0 atom stereocenters. The van der Waals surface area contributed by atoms with Crippen LogP contribution in [0.15, 0.2) is 47.6 Å². The van der Waals surface area contributed by atoms with Crippen LogP contribution >= 0.6 is 0 Å². The minimum atomic E-state index is -0.211. The van der Waals surface area contributed by atoms with Gasteiger partial charge in [0, 0.05) is 52.2 Å². The molecule has 2 N–H and O–H groups in total. The zero-order chi connectivity index (χ0) is 18.5. The number of hydrogen-bond donors (Lipinski definition) is 1. The molecular formula is C19H25FN6. The van der Waals surface area contributed by atoms with E-state index in [2.05, 4.69) is 19.8 Å². The van der Waals surface area contributed by atoms with Crippen LogP contribution in [0.4, 0.5) is 15.9 Å². The lowest BCUT2D eigenvalue weighted by Crippen LogP contribution is -2.51. The van der Waals surface area contributed by atoms with Crippen molar-refractivity contribution >= 4 is 17.5 Å². The molecule has 1 saturated heterocycles. The number of guanidine groups is 1. The van der Waals surface area contributed by atoms with Gasteiger partial charge in [-0.2, -0.15) is 0 Å². The van der Waals surface area contributed by atoms with Gasteiger partial charge in [-0.3, -0.25) is 0 Å². The van der Waals surface area contributed by atoms with Crippen molar-refractivity contribution in [3.63, 3.8) is 0 Å². The summed E-state index contributed by atoms with van der Waals surface area (Å²) in [5, 5.41) is 0. The predicted octanol–water partition coefficient (Wildman–Crippen LogP) is 1.92. The Morgan fingerprint density at radius 1 is 1.15 bits per heavy atom. The second-order valence-electron chi connectivity index (χ2n) is 6.54. The highest BCUT2D eigenvalue weighted by atomic mass is 19.1. The quantitative estimate of drug-likeness (QED) is 0.670. The summed E-state index contributed by atoms with van der Waals surface area (Å²) in [4.78, 5) is 15.1. The molecule has 0 aliphatic carbocycles. The summed E-state index contributed by atoms with van der Waals surface area (Å²) in [5.41, 5.74) is 8.30. The molecule has 2 heterocycles. The number of nitrogens with zero attached hydrogens (tertiary/aromatic N) is 5. The van der Waals surface area contributed by atoms with E-state index in [1.807, 2.05) is 43.3 Å². The molecule has 26 heavy (non-hydrogen) atoms. The van der Waals surface area contributed by atoms with E-state index in [4.69, 9.17) is 5.73 Å². The number of anilines is 2. The fourth-order valence-corrected chi connectivity index (χ4v) is 2.92. The number of piperazine rings is 1. The Kier molecular flexibility index (Phi) is 5.55. The molecule has 1 fully saturated rings. The molecule has 0 bridgehead atoms. The van der Waals surface area contributed by atoms with E-state index in [1.165, 1.54) is 12.1 Å². The number of benzene rings is 1. The van der Waals surface area contributed by atoms with Gasteiger partial charge in [-0.1, -0.05) is 0 Å². The van der Waals surface area contributed by atoms with Crippen LogP contribution in [0.5, 0.6) is 0 Å². The summed E-state index contributed by atoms with van der Waals surface area (Å²) < 4.78 is 13.1. The maximum Gasteiger partial charge on any atom is 0.191 e. The first-order valence-electron chi connectivity index (χ1n) is 8.70. The van der Waals surface area contributed by atoms with Gasteiger partial charge in [0.2, 0.25) is 0 Å². The van der Waals surface area contributed by atoms with Crippen molar-refractivity contribution in [2.24, 2.45) is 10.7 Å². The maximum atomic E-state index is 13.1. The Morgan fingerprint density at radius 2 is 1.85 bits per heavy atom. The smallest absolute Gasteiger partial charge is 0.191 e. The monoisotopic (exact) mass is 356 g/mol. The summed E-state index contributed by atoms with van der Waals surface area (Å²) in [6, 6.07) is 10.6. The molecule has 6 nitrogen and oxygen atoms in total. The van der Waals surface area contributed by atoms with Gasteiger partial charge in [-0.05, 0) is 42.0 Å². The average molecular weight is 356 g/mol. The van der Waals surface area contributed by atoms with Gasteiger partial charge >= 0.3 is 0 Å². The second kappa shape index (κ2) is 8.03. The molecule has 0 radical (unpaired) electrons. The van der Waals surface area contributed by atoms with Crippen molar-refractivity contribution in [2.75, 3.05) is 50.1 Å². The molecule has 2 aromatic rings. The summed E-state index contributed by atoms with van der Waals surface area (Å²) in [6.45, 7) is 3.80. The third kappa shape index (κ3) is 4.41. The third-order valence-electron chi connectivity index (χ3n) is 4.49. The van der Waals surface area contributed by atoms with Crippen LogP contribution in [-0.4, -0.2) is 56.1 Å². The molecule has 3 rings (SSSR count). The van der Waals surface area contributed by atoms with Crippen LogP contribution in [0.2, 0.25) is 0 Å². The lowest BCUT2D eigenvalue weighted by Gasteiger charge is -2.36. The van der Waals surface area contributed by atoms with E-state index in [0.29, 0.717) is 12.5 Å². The SMILES string of the molecule is CN(C)c1cc(CN=C(N)N2CCN(c3ccc(F)cc3)CC2)ccn1. The molecule has 138 valence electrons. The van der Waals surface area contributed by atoms with Crippen molar-refractivity contribution in [1.29, 1.82) is 0 Å². The van der Waals surface area contributed by atoms with Gasteiger partial charge in [0.05, 0.1) is 6.54 Å². The van der Waals surface area contributed by atoms with Crippen molar-refractivity contribution in [3.8, 4) is 0 Å². The zero-order valence-corrected chi connectivity index (χ0v) is 15.3. The number of rotatable bonds is 4. The minimum Gasteiger partial charge on any atom is -0.370 e. The van der Waals surface area contributed by atoms with Crippen molar-refractivity contribution in [2.45, 2.75) is 6.54 Å². The molecule has 1 aromatic heterocycles. The highest BCUT2D eigenvalue weighted by Gasteiger charge is 2.18. The predicted molar refractivity (Wildman–Crippen MR) is 104 cm³/mol. The highest BCUT2D eigenvalue weighted by molar-refractivity contribution is 5.78. The van der Waals surface area contributed by atoms with Gasteiger partial charge in [-0.25, -0.2) is 14.4 Å². The van der Waals surface area contributed by atoms with Crippen molar-refractivity contribution in [3.05, 3.63) is 54.0 Å². The van der Waals surface area contributed by atoms with E-state index in [-0.39, 0.29) is 5.82 Å². The van der Waals surface area contributed by atoms with E-state index in [1.54, 1.807) is 6.20 Å². The van der Waals surface area contributed by atoms with Crippen molar-refractivity contribution < 1.29 is 4.39 Å². The summed E-state index contributed by atoms with van der Waals surface area (Å²) in [5.74, 6) is 1.26. The van der Waals surface area contributed by atoms with Crippen LogP contribution in [0.25, 0.3) is 0 Å². The summed E-state index contributed by atoms with van der Waals surface area (Å²) >= 11 is 0. The molecule has 1 aliphatic rings. The summed E-state index contributed by atoms with van der Waals surface area (Å²) in [6.07, 6.45) is 1.79. The van der Waals surface area contributed by atoms with E-state index < -0.39 is 0 Å². The van der Waals surface area contributed by atoms with Crippen LogP contribution in [0.1, 0.15) is 5.56 Å². The lowest BCUT2D eigenvalue weighted by molar-refractivity contribution is 0.380. The number of nitrogens with two attached hydrogens (primary N) is 1. The van der Waals surface area contributed by atoms with Crippen LogP contribution in [0.3, 0.4) is 0 Å². The standard InChI is InChI=1S/C19H25FN6/c1-24(2)18-13-15(7-8-22-18)14-23-19(21)26-11-9-25(10-12-26)17-5-3-16(20)4-6-17/h3-8,13H,9-12,14H2,1-2H3,(H2,21,23). The lowest BCUT2D eigenvalue weighted by atomic mass is 10.2. The number of aliphatic imine (C=N–C) groups is 1. The Bertz CT molecular complexity index is 751. The Morgan fingerprint density at radius 3 is 2.50 bits per heavy atom. The topological polar surface area (TPSA) is 61.0 Å². The molecule has 0 amide bonds. The van der Waals surface area contributed by atoms with Crippen molar-refractivity contribution in [1.82, 2.24) is 9.88 Å². The van der Waals surface area contributed by atoms with Gasteiger partial charge in [0.15, 0.2) is 5.96 Å². The normalized spacial score (nSPS) is 15.3. The highest BCUT2D eigenvalue weighted by Crippen LogP contribution is 2.17. The first kappa shape index (κ1) is 18.0. The minimum absolute atomic E-state index is 0.211. The fourth-order valence-electron chi connectivity index (χ4n) is 2.92. The average Bonchev–Trinajstić information content (AvgIpc) is 2.67. The third-order valence-corrected chi connectivity index (χ3v) is 4.49. The molecule has 0 unspecified atom stereocenters. The number of pyridine rings is 1. The Labute approximate surface area is 153 Å². The zero-order valence-electron chi connectivity index (χ0n) is 15.3. The Balaban J connectivity index is 1.56. The van der Waals surface area contributed by atoms with E-state index in [0.717, 1.165) is 43.2 Å². The second-order valence-corrected chi connectivity index (χ2v) is 6.54. The number of halogens is 1. The Hall–Kier alpha value is -2.83. The van der Waals surface area contributed by atoms with Crippen LogP contribution in [0, 0.1) is 5.82 Å². The van der Waals surface area contributed by atoms with Gasteiger partial charge < -0.3 is 20.4 Å². The summed E-state index contributed by atoms with van der Waals surface area (Å²) in [7, 11) is 3.93. The molecular weight excluding hydrogens is 331 g/mol. The maximum absolute atomic E-state index is 13.1. The number of hydrogen-bond acceptors (Lipinski definition) is 4. The first-order chi connectivity index (χ1) is 12.5. The molecule has 0 saturated carbocycles. The van der Waals surface area contributed by atoms with Gasteiger partial charge in [0.1, 0.15) is 11.6 Å². The van der Waals surface area contributed by atoms with E-state index >= 15 is 0 Å². The van der Waals surface area contributed by atoms with E-state index in [9.17, 15) is 4.39 Å². The molecule has 1 aliphatic heterocycles.